The molecule has 0 bridgehead atoms. The van der Waals surface area contributed by atoms with Crippen LogP contribution < -0.4 is 5.32 Å². The van der Waals surface area contributed by atoms with Gasteiger partial charge >= 0.3 is 0 Å². The molecule has 1 saturated carbocycles. The molecule has 3 rings (SSSR count). The van der Waals surface area contributed by atoms with Crippen LogP contribution in [-0.4, -0.2) is 43.2 Å². The molecule has 21 heavy (non-hydrogen) atoms. The Labute approximate surface area is 126 Å². The maximum absolute atomic E-state index is 13.0. The summed E-state index contributed by atoms with van der Waals surface area (Å²) in [6, 6.07) is 8.27. The van der Waals surface area contributed by atoms with Gasteiger partial charge in [-0.2, -0.15) is 0 Å². The Bertz CT molecular complexity index is 493. The molecule has 1 heterocycles. The number of carbonyl (C=O) groups excluding carboxylic acids is 1. The zero-order valence-electron chi connectivity index (χ0n) is 12.7. The number of anilines is 1. The minimum atomic E-state index is 0.168. The second-order valence-corrected chi connectivity index (χ2v) is 5.99. The van der Waals surface area contributed by atoms with Gasteiger partial charge in [0, 0.05) is 37.3 Å². The highest BCUT2D eigenvalue weighted by Gasteiger charge is 2.35. The lowest BCUT2D eigenvalue weighted by molar-refractivity contribution is 0.0707. The minimum Gasteiger partial charge on any atom is -0.385 e. The average Bonchev–Trinajstić information content (AvgIpc) is 3.21. The Balaban J connectivity index is 1.77. The van der Waals surface area contributed by atoms with Gasteiger partial charge in [-0.3, -0.25) is 4.79 Å². The molecule has 0 radical (unpaired) electrons. The van der Waals surface area contributed by atoms with Crippen molar-refractivity contribution >= 4 is 11.6 Å². The van der Waals surface area contributed by atoms with Crippen LogP contribution in [0.25, 0.3) is 0 Å². The number of rotatable bonds is 6. The second kappa shape index (κ2) is 6.48. The third-order valence-corrected chi connectivity index (χ3v) is 4.25. The van der Waals surface area contributed by atoms with Crippen molar-refractivity contribution in [2.24, 2.45) is 5.92 Å². The normalized spacial score (nSPS) is 21.3. The van der Waals surface area contributed by atoms with Crippen LogP contribution in [0.2, 0.25) is 0 Å². The van der Waals surface area contributed by atoms with Crippen molar-refractivity contribution in [1.29, 1.82) is 0 Å². The summed E-state index contributed by atoms with van der Waals surface area (Å²) in [7, 11) is 0. The summed E-state index contributed by atoms with van der Waals surface area (Å²) in [4.78, 5) is 15.0. The third-order valence-electron chi connectivity index (χ3n) is 4.25. The number of amides is 1. The van der Waals surface area contributed by atoms with E-state index >= 15 is 0 Å². The monoisotopic (exact) mass is 288 g/mol. The fourth-order valence-corrected chi connectivity index (χ4v) is 2.96. The van der Waals surface area contributed by atoms with E-state index in [4.69, 9.17) is 4.74 Å². The van der Waals surface area contributed by atoms with Crippen LogP contribution in [0.1, 0.15) is 36.5 Å². The molecule has 2 aliphatic rings. The average molecular weight is 288 g/mol. The molecule has 1 aromatic rings. The SMILES string of the molecule is CCNc1ccccc1C(=O)N(CC1CCOC1)C1CC1. The highest BCUT2D eigenvalue weighted by Crippen LogP contribution is 2.31. The number of nitrogens with zero attached hydrogens (tertiary/aromatic N) is 1. The summed E-state index contributed by atoms with van der Waals surface area (Å²) in [5.41, 5.74) is 1.74. The molecule has 1 unspecified atom stereocenters. The topological polar surface area (TPSA) is 41.6 Å². The van der Waals surface area contributed by atoms with E-state index in [1.165, 1.54) is 0 Å². The van der Waals surface area contributed by atoms with Crippen LogP contribution in [-0.2, 0) is 4.74 Å². The fourth-order valence-electron chi connectivity index (χ4n) is 2.96. The number of carbonyl (C=O) groups is 1. The quantitative estimate of drug-likeness (QED) is 0.875. The Kier molecular flexibility index (Phi) is 4.44. The summed E-state index contributed by atoms with van der Waals surface area (Å²) in [6.45, 7) is 5.35. The van der Waals surface area contributed by atoms with Crippen molar-refractivity contribution < 1.29 is 9.53 Å². The summed E-state index contributed by atoms with van der Waals surface area (Å²) in [5.74, 6) is 0.668. The van der Waals surface area contributed by atoms with Crippen LogP contribution in [0, 0.1) is 5.92 Å². The number of ether oxygens (including phenoxy) is 1. The van der Waals surface area contributed by atoms with Gasteiger partial charge in [-0.05, 0) is 38.3 Å². The molecule has 1 N–H and O–H groups in total. The molecule has 114 valence electrons. The lowest BCUT2D eigenvalue weighted by Gasteiger charge is -2.26. The zero-order valence-corrected chi connectivity index (χ0v) is 12.7. The molecule has 0 spiro atoms. The molecular weight excluding hydrogens is 264 g/mol. The van der Waals surface area contributed by atoms with Crippen LogP contribution in [0.4, 0.5) is 5.69 Å². The van der Waals surface area contributed by atoms with Gasteiger partial charge in [0.25, 0.3) is 5.91 Å². The number of hydrogen-bond acceptors (Lipinski definition) is 3. The molecule has 0 aromatic heterocycles. The van der Waals surface area contributed by atoms with E-state index < -0.39 is 0 Å². The molecule has 1 aromatic carbocycles. The second-order valence-electron chi connectivity index (χ2n) is 5.99. The molecule has 1 amide bonds. The van der Waals surface area contributed by atoms with Crippen molar-refractivity contribution in [3.05, 3.63) is 29.8 Å². The van der Waals surface area contributed by atoms with Crippen LogP contribution in [0.3, 0.4) is 0 Å². The molecule has 4 heteroatoms. The summed E-state index contributed by atoms with van der Waals surface area (Å²) in [6.07, 6.45) is 3.36. The largest absolute Gasteiger partial charge is 0.385 e. The van der Waals surface area contributed by atoms with Crippen molar-refractivity contribution in [2.75, 3.05) is 31.6 Å². The molecule has 2 fully saturated rings. The predicted octanol–water partition coefficient (Wildman–Crippen LogP) is 2.76. The number of nitrogens with one attached hydrogen (secondary N) is 1. The first-order valence-corrected chi connectivity index (χ1v) is 8.01. The minimum absolute atomic E-state index is 0.168. The molecule has 1 atom stereocenters. The van der Waals surface area contributed by atoms with E-state index in [1.807, 2.05) is 24.3 Å². The molecule has 1 saturated heterocycles. The predicted molar refractivity (Wildman–Crippen MR) is 83.6 cm³/mol. The number of para-hydroxylation sites is 1. The van der Waals surface area contributed by atoms with Gasteiger partial charge in [-0.25, -0.2) is 0 Å². The van der Waals surface area contributed by atoms with Gasteiger partial charge < -0.3 is 15.0 Å². The van der Waals surface area contributed by atoms with E-state index in [2.05, 4.69) is 17.1 Å². The zero-order chi connectivity index (χ0) is 14.7. The lowest BCUT2D eigenvalue weighted by Crippen LogP contribution is -2.37. The van der Waals surface area contributed by atoms with E-state index in [1.54, 1.807) is 0 Å². The van der Waals surface area contributed by atoms with Crippen LogP contribution in [0.5, 0.6) is 0 Å². The van der Waals surface area contributed by atoms with Gasteiger partial charge in [0.2, 0.25) is 0 Å². The maximum Gasteiger partial charge on any atom is 0.256 e. The molecule has 1 aliphatic heterocycles. The smallest absolute Gasteiger partial charge is 0.256 e. The van der Waals surface area contributed by atoms with E-state index in [0.29, 0.717) is 12.0 Å². The highest BCUT2D eigenvalue weighted by molar-refractivity contribution is 6.00. The first-order valence-electron chi connectivity index (χ1n) is 8.01. The third kappa shape index (κ3) is 3.38. The summed E-state index contributed by atoms with van der Waals surface area (Å²) >= 11 is 0. The molecule has 4 nitrogen and oxygen atoms in total. The van der Waals surface area contributed by atoms with Gasteiger partial charge in [0.15, 0.2) is 0 Å². The standard InChI is InChI=1S/C17H24N2O2/c1-2-18-16-6-4-3-5-15(16)17(20)19(14-7-8-14)11-13-9-10-21-12-13/h3-6,13-14,18H,2,7-12H2,1H3. The Hall–Kier alpha value is -1.55. The van der Waals surface area contributed by atoms with Crippen molar-refractivity contribution in [2.45, 2.75) is 32.2 Å². The Morgan fingerprint density at radius 2 is 2.14 bits per heavy atom. The highest BCUT2D eigenvalue weighted by atomic mass is 16.5. The van der Waals surface area contributed by atoms with Crippen molar-refractivity contribution in [1.82, 2.24) is 4.90 Å². The van der Waals surface area contributed by atoms with Crippen LogP contribution >= 0.6 is 0 Å². The fraction of sp³-hybridized carbons (Fsp3) is 0.588. The molecular formula is C17H24N2O2. The van der Waals surface area contributed by atoms with Gasteiger partial charge in [-0.1, -0.05) is 12.1 Å². The lowest BCUT2D eigenvalue weighted by atomic mass is 10.1. The first kappa shape index (κ1) is 14.4. The maximum atomic E-state index is 13.0. The van der Waals surface area contributed by atoms with Gasteiger partial charge in [0.1, 0.15) is 0 Å². The first-order chi connectivity index (χ1) is 10.3. The van der Waals surface area contributed by atoms with E-state index in [9.17, 15) is 4.79 Å². The van der Waals surface area contributed by atoms with Crippen LogP contribution in [0.15, 0.2) is 24.3 Å². The Morgan fingerprint density at radius 3 is 2.81 bits per heavy atom. The summed E-state index contributed by atoms with van der Waals surface area (Å²) < 4.78 is 5.46. The molecule has 1 aliphatic carbocycles. The van der Waals surface area contributed by atoms with Crippen molar-refractivity contribution in [3.8, 4) is 0 Å². The Morgan fingerprint density at radius 1 is 1.33 bits per heavy atom. The summed E-state index contributed by atoms with van der Waals surface area (Å²) in [5, 5.41) is 3.29. The van der Waals surface area contributed by atoms with E-state index in [-0.39, 0.29) is 5.91 Å². The van der Waals surface area contributed by atoms with E-state index in [0.717, 1.165) is 56.8 Å². The number of hydrogen-bond donors (Lipinski definition) is 1. The van der Waals surface area contributed by atoms with Crippen molar-refractivity contribution in [3.63, 3.8) is 0 Å². The number of benzene rings is 1. The van der Waals surface area contributed by atoms with Gasteiger partial charge in [0.05, 0.1) is 12.2 Å². The van der Waals surface area contributed by atoms with Gasteiger partial charge in [-0.15, -0.1) is 0 Å².